The zero-order chi connectivity index (χ0) is 16.0. The van der Waals surface area contributed by atoms with E-state index in [1.54, 1.807) is 12.1 Å². The molecule has 22 heavy (non-hydrogen) atoms. The number of benzene rings is 1. The fourth-order valence-corrected chi connectivity index (χ4v) is 4.60. The Morgan fingerprint density at radius 1 is 1.50 bits per heavy atom. The highest BCUT2D eigenvalue weighted by atomic mass is 79.9. The van der Waals surface area contributed by atoms with Gasteiger partial charge in [-0.1, -0.05) is 5.11 Å². The van der Waals surface area contributed by atoms with Crippen molar-refractivity contribution in [2.75, 3.05) is 4.90 Å². The van der Waals surface area contributed by atoms with Gasteiger partial charge in [-0.15, -0.1) is 0 Å². The van der Waals surface area contributed by atoms with Gasteiger partial charge in [0.15, 0.2) is 0 Å². The monoisotopic (exact) mass is 364 g/mol. The summed E-state index contributed by atoms with van der Waals surface area (Å²) < 4.78 is 0.796. The number of aromatic carboxylic acids is 1. The van der Waals surface area contributed by atoms with Crippen LogP contribution in [0.1, 0.15) is 48.5 Å². The van der Waals surface area contributed by atoms with Gasteiger partial charge in [-0.25, -0.2) is 4.79 Å². The molecule has 0 amide bonds. The second-order valence-corrected chi connectivity index (χ2v) is 7.00. The third-order valence-electron chi connectivity index (χ3n) is 4.65. The van der Waals surface area contributed by atoms with Crippen LogP contribution in [0.15, 0.2) is 21.7 Å². The van der Waals surface area contributed by atoms with Gasteiger partial charge in [0.25, 0.3) is 0 Å². The van der Waals surface area contributed by atoms with Gasteiger partial charge in [-0.3, -0.25) is 0 Å². The first-order valence-corrected chi connectivity index (χ1v) is 8.14. The molecule has 1 aromatic rings. The fourth-order valence-electron chi connectivity index (χ4n) is 3.92. The zero-order valence-corrected chi connectivity index (χ0v) is 14.0. The van der Waals surface area contributed by atoms with Crippen molar-refractivity contribution in [2.24, 2.45) is 5.11 Å². The quantitative estimate of drug-likeness (QED) is 0.492. The smallest absolute Gasteiger partial charge is 0.335 e. The van der Waals surface area contributed by atoms with Gasteiger partial charge in [0.2, 0.25) is 0 Å². The summed E-state index contributed by atoms with van der Waals surface area (Å²) in [5, 5.41) is 13.3. The van der Waals surface area contributed by atoms with E-state index in [1.165, 1.54) is 0 Å². The molecule has 1 aliphatic carbocycles. The average Bonchev–Trinajstić information content (AvgIpc) is 2.98. The van der Waals surface area contributed by atoms with Crippen molar-refractivity contribution in [3.05, 3.63) is 38.2 Å². The number of azide groups is 1. The van der Waals surface area contributed by atoms with Gasteiger partial charge < -0.3 is 10.0 Å². The van der Waals surface area contributed by atoms with Crippen molar-refractivity contribution in [1.29, 1.82) is 0 Å². The largest absolute Gasteiger partial charge is 0.478 e. The molecule has 0 spiro atoms. The van der Waals surface area contributed by atoms with E-state index < -0.39 is 5.97 Å². The van der Waals surface area contributed by atoms with Gasteiger partial charge >= 0.3 is 5.97 Å². The van der Waals surface area contributed by atoms with Gasteiger partial charge in [-0.05, 0) is 65.8 Å². The lowest BCUT2D eigenvalue weighted by Crippen LogP contribution is -2.43. The maximum atomic E-state index is 11.3. The number of anilines is 1. The Morgan fingerprint density at radius 2 is 2.23 bits per heavy atom. The lowest BCUT2D eigenvalue weighted by molar-refractivity contribution is 0.0696. The maximum absolute atomic E-state index is 11.3. The van der Waals surface area contributed by atoms with E-state index >= 15 is 0 Å². The number of halogens is 1. The van der Waals surface area contributed by atoms with Crippen LogP contribution in [0.5, 0.6) is 0 Å². The maximum Gasteiger partial charge on any atom is 0.335 e. The Hall–Kier alpha value is -1.72. The molecular formula is C15H17BrN4O2. The molecule has 3 rings (SSSR count). The van der Waals surface area contributed by atoms with E-state index in [1.807, 2.05) is 0 Å². The van der Waals surface area contributed by atoms with Crippen LogP contribution in [-0.4, -0.2) is 29.2 Å². The van der Waals surface area contributed by atoms with Crippen LogP contribution in [0.3, 0.4) is 0 Å². The first-order chi connectivity index (χ1) is 10.5. The Kier molecular flexibility index (Phi) is 3.78. The topological polar surface area (TPSA) is 89.3 Å². The van der Waals surface area contributed by atoms with E-state index in [-0.39, 0.29) is 24.0 Å². The summed E-state index contributed by atoms with van der Waals surface area (Å²) in [6.07, 6.45) is 1.76. The molecule has 3 atom stereocenters. The summed E-state index contributed by atoms with van der Waals surface area (Å²) in [6, 6.07) is 3.73. The number of carbonyl (C=O) groups is 1. The van der Waals surface area contributed by atoms with E-state index in [4.69, 9.17) is 5.53 Å². The molecule has 1 N–H and O–H groups in total. The molecule has 0 radical (unpaired) electrons. The molecule has 0 saturated heterocycles. The Balaban J connectivity index is 2.16. The molecule has 0 aromatic heterocycles. The molecule has 1 aliphatic heterocycles. The van der Waals surface area contributed by atoms with Crippen LogP contribution < -0.4 is 4.90 Å². The summed E-state index contributed by atoms with van der Waals surface area (Å²) in [6.45, 7) is 4.21. The van der Waals surface area contributed by atoms with Crippen LogP contribution in [-0.2, 0) is 0 Å². The molecule has 1 saturated carbocycles. The molecule has 6 nitrogen and oxygen atoms in total. The molecule has 7 heteroatoms. The summed E-state index contributed by atoms with van der Waals surface area (Å²) in [7, 11) is 0. The minimum absolute atomic E-state index is 0.0648. The van der Waals surface area contributed by atoms with Gasteiger partial charge in [0.05, 0.1) is 17.3 Å². The van der Waals surface area contributed by atoms with Crippen molar-refractivity contribution >= 4 is 27.6 Å². The van der Waals surface area contributed by atoms with Crippen molar-refractivity contribution in [2.45, 2.75) is 50.7 Å². The van der Waals surface area contributed by atoms with E-state index in [0.29, 0.717) is 5.56 Å². The Bertz CT molecular complexity index is 684. The lowest BCUT2D eigenvalue weighted by atomic mass is 9.95. The van der Waals surface area contributed by atoms with Crippen LogP contribution in [0.4, 0.5) is 5.69 Å². The third kappa shape index (κ3) is 2.16. The number of hydrogen-bond donors (Lipinski definition) is 1. The van der Waals surface area contributed by atoms with Crippen LogP contribution in [0, 0.1) is 0 Å². The Morgan fingerprint density at radius 3 is 2.82 bits per heavy atom. The lowest BCUT2D eigenvalue weighted by Gasteiger charge is -2.34. The standard InChI is InChI=1S/C15H17BrN4O2/c1-7(2)20-13-10(5-8(15(21)22)6-11(13)16)9-3-4-12(14(9)20)18-19-17/h5-7,9,12,14H,3-4H2,1-2H3,(H,21,22)/t9-,12+,14+/m0/s1. The predicted molar refractivity (Wildman–Crippen MR) is 87.4 cm³/mol. The minimum Gasteiger partial charge on any atom is -0.478 e. The second kappa shape index (κ2) is 5.48. The van der Waals surface area contributed by atoms with Crippen molar-refractivity contribution in [3.8, 4) is 0 Å². The van der Waals surface area contributed by atoms with Gasteiger partial charge in [0.1, 0.15) is 0 Å². The molecule has 0 unspecified atom stereocenters. The molecule has 0 bridgehead atoms. The third-order valence-corrected chi connectivity index (χ3v) is 5.26. The minimum atomic E-state index is -0.923. The molecule has 1 fully saturated rings. The number of rotatable bonds is 3. The highest BCUT2D eigenvalue weighted by Crippen LogP contribution is 2.53. The second-order valence-electron chi connectivity index (χ2n) is 6.15. The normalized spacial score (nSPS) is 25.8. The first-order valence-electron chi connectivity index (χ1n) is 7.35. The SMILES string of the molecule is CC(C)N1c2c(Br)cc(C(=O)O)cc2[C@@H]2CC[C@@H](N=[N+]=[N-])[C@@H]21. The van der Waals surface area contributed by atoms with Gasteiger partial charge in [0, 0.05) is 27.4 Å². The van der Waals surface area contributed by atoms with Crippen LogP contribution in [0.2, 0.25) is 0 Å². The molecule has 1 heterocycles. The summed E-state index contributed by atoms with van der Waals surface area (Å²) in [4.78, 5) is 16.6. The first kappa shape index (κ1) is 15.2. The summed E-state index contributed by atoms with van der Waals surface area (Å²) in [5.74, 6) is -0.698. The summed E-state index contributed by atoms with van der Waals surface area (Å²) >= 11 is 3.53. The molecular weight excluding hydrogens is 348 g/mol. The van der Waals surface area contributed by atoms with Crippen LogP contribution in [0.25, 0.3) is 10.4 Å². The number of fused-ring (bicyclic) bond motifs is 3. The molecule has 2 aliphatic rings. The van der Waals surface area contributed by atoms with Crippen molar-refractivity contribution in [3.63, 3.8) is 0 Å². The van der Waals surface area contributed by atoms with Crippen molar-refractivity contribution < 1.29 is 9.90 Å². The van der Waals surface area contributed by atoms with Crippen molar-refractivity contribution in [1.82, 2.24) is 0 Å². The van der Waals surface area contributed by atoms with Crippen LogP contribution >= 0.6 is 15.9 Å². The fraction of sp³-hybridized carbons (Fsp3) is 0.533. The number of nitrogens with zero attached hydrogens (tertiary/aromatic N) is 4. The number of carboxylic acid groups (broad SMARTS) is 1. The highest BCUT2D eigenvalue weighted by Gasteiger charge is 2.48. The Labute approximate surface area is 136 Å². The highest BCUT2D eigenvalue weighted by molar-refractivity contribution is 9.10. The average molecular weight is 365 g/mol. The molecule has 1 aromatic carbocycles. The zero-order valence-electron chi connectivity index (χ0n) is 12.4. The number of carboxylic acids is 1. The van der Waals surface area contributed by atoms with E-state index in [0.717, 1.165) is 28.6 Å². The van der Waals surface area contributed by atoms with Gasteiger partial charge in [-0.2, -0.15) is 0 Å². The molecule has 116 valence electrons. The summed E-state index contributed by atoms with van der Waals surface area (Å²) in [5.41, 5.74) is 11.2. The number of hydrogen-bond acceptors (Lipinski definition) is 3. The van der Waals surface area contributed by atoms with E-state index in [9.17, 15) is 9.90 Å². The van der Waals surface area contributed by atoms with E-state index in [2.05, 4.69) is 44.7 Å². The predicted octanol–water partition coefficient (Wildman–Crippen LogP) is 4.30.